The molecule has 1 aromatic rings. The molecule has 1 atom stereocenters. The molecule has 0 bridgehead atoms. The Bertz CT molecular complexity index is 269. The summed E-state index contributed by atoms with van der Waals surface area (Å²) < 4.78 is 5.43. The lowest BCUT2D eigenvalue weighted by Crippen LogP contribution is -2.34. The van der Waals surface area contributed by atoms with Crippen LogP contribution in [0.5, 0.6) is 5.75 Å². The third kappa shape index (κ3) is 1.93. The van der Waals surface area contributed by atoms with E-state index in [1.54, 1.807) is 0 Å². The number of morpholine rings is 1. The third-order valence-corrected chi connectivity index (χ3v) is 1.87. The summed E-state index contributed by atoms with van der Waals surface area (Å²) >= 11 is 0. The first-order chi connectivity index (χ1) is 6.36. The largest absolute Gasteiger partial charge is 0.505 e. The first kappa shape index (κ1) is 8.40. The highest BCUT2D eigenvalue weighted by atomic mass is 16.5. The minimum atomic E-state index is -0.0886. The molecular weight excluding hydrogens is 170 g/mol. The summed E-state index contributed by atoms with van der Waals surface area (Å²) in [6.07, 6.45) is 2.66. The van der Waals surface area contributed by atoms with E-state index in [1.807, 2.05) is 0 Å². The highest BCUT2D eigenvalue weighted by Crippen LogP contribution is 2.15. The van der Waals surface area contributed by atoms with Crippen molar-refractivity contribution in [2.75, 3.05) is 19.7 Å². The summed E-state index contributed by atoms with van der Waals surface area (Å²) in [4.78, 5) is 7.95. The van der Waals surface area contributed by atoms with Crippen LogP contribution in [0.1, 0.15) is 11.9 Å². The van der Waals surface area contributed by atoms with Gasteiger partial charge in [-0.25, -0.2) is 9.97 Å². The lowest BCUT2D eigenvalue weighted by Gasteiger charge is -2.21. The molecule has 1 aliphatic rings. The Morgan fingerprint density at radius 3 is 2.85 bits per heavy atom. The van der Waals surface area contributed by atoms with Crippen molar-refractivity contribution in [1.29, 1.82) is 0 Å². The number of nitrogens with zero attached hydrogens (tertiary/aromatic N) is 2. The van der Waals surface area contributed by atoms with Gasteiger partial charge in [0.1, 0.15) is 6.10 Å². The summed E-state index contributed by atoms with van der Waals surface area (Å²) in [6, 6.07) is 0. The average Bonchev–Trinajstić information content (AvgIpc) is 2.20. The number of hydrogen-bond donors (Lipinski definition) is 2. The molecule has 0 amide bonds. The third-order valence-electron chi connectivity index (χ3n) is 1.87. The van der Waals surface area contributed by atoms with Crippen molar-refractivity contribution in [3.63, 3.8) is 0 Å². The number of nitrogens with one attached hydrogen (secondary N) is 1. The second-order valence-corrected chi connectivity index (χ2v) is 2.86. The molecule has 13 heavy (non-hydrogen) atoms. The molecule has 0 spiro atoms. The quantitative estimate of drug-likeness (QED) is 0.630. The minimum absolute atomic E-state index is 0.0764. The normalized spacial score (nSPS) is 22.9. The van der Waals surface area contributed by atoms with Crippen LogP contribution in [0.2, 0.25) is 0 Å². The van der Waals surface area contributed by atoms with Crippen molar-refractivity contribution in [2.45, 2.75) is 6.10 Å². The fraction of sp³-hybridized carbons (Fsp3) is 0.500. The van der Waals surface area contributed by atoms with Gasteiger partial charge in [-0.05, 0) is 0 Å². The van der Waals surface area contributed by atoms with Gasteiger partial charge >= 0.3 is 0 Å². The van der Waals surface area contributed by atoms with E-state index < -0.39 is 0 Å². The Morgan fingerprint density at radius 1 is 1.46 bits per heavy atom. The summed E-state index contributed by atoms with van der Waals surface area (Å²) in [7, 11) is 0. The highest BCUT2D eigenvalue weighted by molar-refractivity contribution is 5.10. The fourth-order valence-corrected chi connectivity index (χ4v) is 1.23. The van der Waals surface area contributed by atoms with Gasteiger partial charge in [0, 0.05) is 13.1 Å². The van der Waals surface area contributed by atoms with E-state index in [1.165, 1.54) is 12.4 Å². The van der Waals surface area contributed by atoms with Crippen LogP contribution in [0.4, 0.5) is 0 Å². The molecule has 70 valence electrons. The van der Waals surface area contributed by atoms with Gasteiger partial charge in [0.15, 0.2) is 11.6 Å². The molecule has 1 unspecified atom stereocenters. The molecule has 2 N–H and O–H groups in total. The number of rotatable bonds is 1. The molecule has 0 aromatic carbocycles. The second kappa shape index (κ2) is 3.68. The zero-order valence-corrected chi connectivity index (χ0v) is 7.10. The molecule has 0 aliphatic carbocycles. The summed E-state index contributed by atoms with van der Waals surface area (Å²) in [5, 5.41) is 12.2. The van der Waals surface area contributed by atoms with Crippen LogP contribution in [0, 0.1) is 0 Å². The molecule has 2 rings (SSSR count). The molecule has 5 heteroatoms. The van der Waals surface area contributed by atoms with Crippen molar-refractivity contribution < 1.29 is 9.84 Å². The van der Waals surface area contributed by atoms with E-state index >= 15 is 0 Å². The van der Waals surface area contributed by atoms with Gasteiger partial charge < -0.3 is 15.2 Å². The predicted molar refractivity (Wildman–Crippen MR) is 45.3 cm³/mol. The lowest BCUT2D eigenvalue weighted by molar-refractivity contribution is 0.0220. The van der Waals surface area contributed by atoms with Gasteiger partial charge in [0.25, 0.3) is 0 Å². The topological polar surface area (TPSA) is 67.3 Å². The molecule has 5 nitrogen and oxygen atoms in total. The molecule has 1 aliphatic heterocycles. The van der Waals surface area contributed by atoms with Crippen LogP contribution >= 0.6 is 0 Å². The molecule has 1 aromatic heterocycles. The van der Waals surface area contributed by atoms with Gasteiger partial charge in [-0.15, -0.1) is 0 Å². The maximum Gasteiger partial charge on any atom is 0.158 e. The maximum absolute atomic E-state index is 8.97. The van der Waals surface area contributed by atoms with E-state index in [2.05, 4.69) is 15.3 Å². The number of hydrogen-bond acceptors (Lipinski definition) is 5. The molecule has 1 fully saturated rings. The van der Waals surface area contributed by atoms with Crippen LogP contribution in [0.3, 0.4) is 0 Å². The number of aromatic hydroxyl groups is 1. The van der Waals surface area contributed by atoms with E-state index in [-0.39, 0.29) is 11.9 Å². The van der Waals surface area contributed by atoms with Crippen molar-refractivity contribution in [3.05, 3.63) is 18.2 Å². The van der Waals surface area contributed by atoms with E-state index in [4.69, 9.17) is 9.84 Å². The summed E-state index contributed by atoms with van der Waals surface area (Å²) in [5.74, 6) is 0.692. The number of ether oxygens (including phenoxy) is 1. The highest BCUT2D eigenvalue weighted by Gasteiger charge is 2.17. The van der Waals surface area contributed by atoms with Gasteiger partial charge in [-0.2, -0.15) is 0 Å². The Hall–Kier alpha value is -1.20. The van der Waals surface area contributed by atoms with Gasteiger partial charge in [0.2, 0.25) is 0 Å². The number of aromatic nitrogens is 2. The monoisotopic (exact) mass is 181 g/mol. The standard InChI is InChI=1S/C8H11N3O2/c12-6-3-10-8(11-4-6)7-5-9-1-2-13-7/h3-4,7,9,12H,1-2,5H2. The smallest absolute Gasteiger partial charge is 0.158 e. The zero-order valence-electron chi connectivity index (χ0n) is 7.10. The predicted octanol–water partition coefficient (Wildman–Crippen LogP) is -0.157. The Labute approximate surface area is 75.8 Å². The summed E-state index contributed by atoms with van der Waals surface area (Å²) in [5.41, 5.74) is 0. The van der Waals surface area contributed by atoms with Crippen molar-refractivity contribution >= 4 is 0 Å². The molecule has 1 saturated heterocycles. The molecule has 2 heterocycles. The lowest BCUT2D eigenvalue weighted by atomic mass is 10.3. The van der Waals surface area contributed by atoms with Crippen LogP contribution in [0.25, 0.3) is 0 Å². The first-order valence-corrected chi connectivity index (χ1v) is 4.19. The zero-order chi connectivity index (χ0) is 9.10. The first-order valence-electron chi connectivity index (χ1n) is 4.19. The Balaban J connectivity index is 2.10. The molecular formula is C8H11N3O2. The van der Waals surface area contributed by atoms with Crippen molar-refractivity contribution in [2.24, 2.45) is 0 Å². The second-order valence-electron chi connectivity index (χ2n) is 2.86. The average molecular weight is 181 g/mol. The van der Waals surface area contributed by atoms with E-state index in [9.17, 15) is 0 Å². The molecule has 0 saturated carbocycles. The Kier molecular flexibility index (Phi) is 2.37. The van der Waals surface area contributed by atoms with E-state index in [0.29, 0.717) is 12.4 Å². The minimum Gasteiger partial charge on any atom is -0.505 e. The van der Waals surface area contributed by atoms with Crippen LogP contribution in [-0.2, 0) is 4.74 Å². The van der Waals surface area contributed by atoms with E-state index in [0.717, 1.165) is 13.1 Å². The van der Waals surface area contributed by atoms with Gasteiger partial charge in [0.05, 0.1) is 19.0 Å². The van der Waals surface area contributed by atoms with Crippen molar-refractivity contribution in [3.8, 4) is 5.75 Å². The molecule has 0 radical (unpaired) electrons. The van der Waals surface area contributed by atoms with Gasteiger partial charge in [-0.3, -0.25) is 0 Å². The summed E-state index contributed by atoms with van der Waals surface area (Å²) in [6.45, 7) is 2.27. The Morgan fingerprint density at radius 2 is 2.23 bits per heavy atom. The van der Waals surface area contributed by atoms with Gasteiger partial charge in [-0.1, -0.05) is 0 Å². The van der Waals surface area contributed by atoms with Crippen LogP contribution in [0.15, 0.2) is 12.4 Å². The maximum atomic E-state index is 8.97. The fourth-order valence-electron chi connectivity index (χ4n) is 1.23. The van der Waals surface area contributed by atoms with Crippen molar-refractivity contribution in [1.82, 2.24) is 15.3 Å². The SMILES string of the molecule is Oc1cnc(C2CNCCO2)nc1. The van der Waals surface area contributed by atoms with Crippen LogP contribution < -0.4 is 5.32 Å². The van der Waals surface area contributed by atoms with Crippen LogP contribution in [-0.4, -0.2) is 34.8 Å².